The smallest absolute Gasteiger partial charge is 0.242 e. The third-order valence-electron chi connectivity index (χ3n) is 7.86. The number of anilines is 1. The zero-order chi connectivity index (χ0) is 27.4. The van der Waals surface area contributed by atoms with Gasteiger partial charge in [0.2, 0.25) is 5.90 Å². The van der Waals surface area contributed by atoms with Gasteiger partial charge in [0.1, 0.15) is 5.69 Å². The molecule has 0 saturated carbocycles. The fourth-order valence-corrected chi connectivity index (χ4v) is 5.94. The van der Waals surface area contributed by atoms with Crippen LogP contribution in [-0.2, 0) is 4.74 Å². The van der Waals surface area contributed by atoms with Gasteiger partial charge in [0, 0.05) is 62.1 Å². The lowest BCUT2D eigenvalue weighted by Crippen LogP contribution is -2.61. The number of piperazine rings is 1. The Bertz CT molecular complexity index is 1170. The van der Waals surface area contributed by atoms with Crippen molar-refractivity contribution in [1.82, 2.24) is 14.8 Å². The average molecular weight is 537 g/mol. The van der Waals surface area contributed by atoms with Crippen molar-refractivity contribution in [2.45, 2.75) is 58.2 Å². The lowest BCUT2D eigenvalue weighted by atomic mass is 9.95. The summed E-state index contributed by atoms with van der Waals surface area (Å²) in [6.45, 7) is 18.7. The topological polar surface area (TPSA) is 70.2 Å². The third-order valence-corrected chi connectivity index (χ3v) is 8.12. The van der Waals surface area contributed by atoms with Gasteiger partial charge in [-0.25, -0.2) is 4.98 Å². The molecule has 0 unspecified atom stereocenters. The molecule has 0 bridgehead atoms. The lowest BCUT2D eigenvalue weighted by Gasteiger charge is -2.51. The SMILES string of the molecule is C=C(N)OC(=NC)c1ccc(N2C[C@H](CC)N(C3CCN(C(=C)c4ccc(Cl)cc4)CC3)C[C@H]2C)c(C)n1. The minimum Gasteiger partial charge on any atom is -0.422 e. The standard InChI is InChI=1S/C30H41ClN6O/c1-7-26-19-36(29-13-12-28(34-21(29)3)30(33-6)38-23(5)32)20(2)18-37(26)27-14-16-35(17-15-27)22(4)24-8-10-25(31)11-9-24/h8-13,20,26-27H,4-5,7,14-19,32H2,1-3,6H3/t20-,26+/m1/s1. The van der Waals surface area contributed by atoms with Gasteiger partial charge in [-0.15, -0.1) is 0 Å². The van der Waals surface area contributed by atoms with Crippen LogP contribution in [0.4, 0.5) is 5.69 Å². The van der Waals surface area contributed by atoms with Crippen molar-refractivity contribution in [3.05, 3.63) is 77.4 Å². The average Bonchev–Trinajstić information content (AvgIpc) is 2.92. The molecule has 2 aliphatic heterocycles. The summed E-state index contributed by atoms with van der Waals surface area (Å²) in [4.78, 5) is 16.7. The number of aromatic nitrogens is 1. The number of pyridine rings is 1. The first-order chi connectivity index (χ1) is 18.2. The first kappa shape index (κ1) is 28.0. The van der Waals surface area contributed by atoms with Crippen LogP contribution >= 0.6 is 11.6 Å². The molecule has 2 N–H and O–H groups in total. The van der Waals surface area contributed by atoms with E-state index in [0.717, 1.165) is 73.1 Å². The van der Waals surface area contributed by atoms with Gasteiger partial charge in [0.25, 0.3) is 0 Å². The van der Waals surface area contributed by atoms with Crippen LogP contribution in [0.15, 0.2) is 60.4 Å². The van der Waals surface area contributed by atoms with Crippen LogP contribution < -0.4 is 10.6 Å². The Morgan fingerprint density at radius 3 is 2.39 bits per heavy atom. The van der Waals surface area contributed by atoms with Crippen molar-refractivity contribution in [2.75, 3.05) is 38.1 Å². The van der Waals surface area contributed by atoms with Gasteiger partial charge >= 0.3 is 0 Å². The van der Waals surface area contributed by atoms with Crippen LogP contribution in [0.3, 0.4) is 0 Å². The number of likely N-dealkylation sites (tertiary alicyclic amines) is 1. The van der Waals surface area contributed by atoms with Gasteiger partial charge in [0.15, 0.2) is 5.88 Å². The second kappa shape index (κ2) is 12.2. The second-order valence-corrected chi connectivity index (χ2v) is 10.8. The quantitative estimate of drug-likeness (QED) is 0.294. The Labute approximate surface area is 232 Å². The van der Waals surface area contributed by atoms with Gasteiger partial charge in [-0.2, -0.15) is 0 Å². The highest BCUT2D eigenvalue weighted by Gasteiger charge is 2.37. The number of hydrogen-bond acceptors (Lipinski definition) is 7. The van der Waals surface area contributed by atoms with Crippen LogP contribution in [0.25, 0.3) is 5.70 Å². The molecule has 0 spiro atoms. The fraction of sp³-hybridized carbons (Fsp3) is 0.467. The monoisotopic (exact) mass is 536 g/mol. The molecule has 38 heavy (non-hydrogen) atoms. The molecule has 2 fully saturated rings. The molecule has 204 valence electrons. The van der Waals surface area contributed by atoms with Crippen molar-refractivity contribution in [1.29, 1.82) is 0 Å². The van der Waals surface area contributed by atoms with E-state index in [9.17, 15) is 0 Å². The molecule has 4 rings (SSSR count). The number of ether oxygens (including phenoxy) is 1. The van der Waals surface area contributed by atoms with Crippen LogP contribution in [0.5, 0.6) is 0 Å². The summed E-state index contributed by atoms with van der Waals surface area (Å²) in [7, 11) is 1.66. The van der Waals surface area contributed by atoms with Gasteiger partial charge in [-0.05, 0) is 69.5 Å². The van der Waals surface area contributed by atoms with Crippen molar-refractivity contribution in [3.8, 4) is 0 Å². The van der Waals surface area contributed by atoms with E-state index in [-0.39, 0.29) is 5.88 Å². The molecular weight excluding hydrogens is 496 g/mol. The normalized spacial score (nSPS) is 21.4. The van der Waals surface area contributed by atoms with Gasteiger partial charge < -0.3 is 20.3 Å². The molecule has 1 aromatic carbocycles. The van der Waals surface area contributed by atoms with E-state index >= 15 is 0 Å². The molecule has 0 amide bonds. The Morgan fingerprint density at radius 1 is 1.13 bits per heavy atom. The maximum absolute atomic E-state index is 6.07. The van der Waals surface area contributed by atoms with E-state index in [4.69, 9.17) is 27.1 Å². The lowest BCUT2D eigenvalue weighted by molar-refractivity contribution is 0.0643. The highest BCUT2D eigenvalue weighted by atomic mass is 35.5. The summed E-state index contributed by atoms with van der Waals surface area (Å²) < 4.78 is 5.45. The Balaban J connectivity index is 1.41. The van der Waals surface area contributed by atoms with Crippen molar-refractivity contribution < 1.29 is 4.74 Å². The molecule has 3 heterocycles. The Morgan fingerprint density at radius 2 is 1.82 bits per heavy atom. The summed E-state index contributed by atoms with van der Waals surface area (Å²) in [6, 6.07) is 13.6. The van der Waals surface area contributed by atoms with Gasteiger partial charge in [-0.1, -0.05) is 37.2 Å². The molecule has 0 aliphatic carbocycles. The molecule has 1 aromatic heterocycles. The largest absolute Gasteiger partial charge is 0.422 e. The second-order valence-electron chi connectivity index (χ2n) is 10.3. The number of piperidine rings is 1. The number of halogens is 1. The molecule has 2 aromatic rings. The van der Waals surface area contributed by atoms with Crippen LogP contribution in [0, 0.1) is 6.92 Å². The van der Waals surface area contributed by atoms with Crippen molar-refractivity contribution >= 4 is 28.9 Å². The molecule has 7 nitrogen and oxygen atoms in total. The first-order valence-corrected chi connectivity index (χ1v) is 13.9. The summed E-state index contributed by atoms with van der Waals surface area (Å²) in [5, 5.41) is 0.757. The Kier molecular flexibility index (Phi) is 9.00. The number of rotatable bonds is 7. The molecule has 8 heteroatoms. The van der Waals surface area contributed by atoms with E-state index in [1.54, 1.807) is 7.05 Å². The molecule has 2 atom stereocenters. The summed E-state index contributed by atoms with van der Waals surface area (Å²) >= 11 is 6.07. The summed E-state index contributed by atoms with van der Waals surface area (Å²) in [5.41, 5.74) is 10.6. The summed E-state index contributed by atoms with van der Waals surface area (Å²) in [5.74, 6) is 0.478. The van der Waals surface area contributed by atoms with Crippen molar-refractivity contribution in [2.24, 2.45) is 10.7 Å². The highest BCUT2D eigenvalue weighted by Crippen LogP contribution is 2.32. The number of aliphatic imine (C=N–C) groups is 1. The van der Waals surface area contributed by atoms with E-state index in [1.807, 2.05) is 25.1 Å². The van der Waals surface area contributed by atoms with E-state index < -0.39 is 0 Å². The highest BCUT2D eigenvalue weighted by molar-refractivity contribution is 6.30. The van der Waals surface area contributed by atoms with Crippen molar-refractivity contribution in [3.63, 3.8) is 0 Å². The predicted molar refractivity (Wildman–Crippen MR) is 159 cm³/mol. The van der Waals surface area contributed by atoms with Crippen LogP contribution in [-0.4, -0.2) is 72.0 Å². The predicted octanol–water partition coefficient (Wildman–Crippen LogP) is 5.29. The number of aryl methyl sites for hydroxylation is 1. The zero-order valence-corrected chi connectivity index (χ0v) is 23.9. The maximum atomic E-state index is 6.07. The van der Waals surface area contributed by atoms with E-state index in [0.29, 0.717) is 29.7 Å². The van der Waals surface area contributed by atoms with Crippen LogP contribution in [0.2, 0.25) is 5.02 Å². The number of hydrogen-bond donors (Lipinski definition) is 1. The number of nitrogens with zero attached hydrogens (tertiary/aromatic N) is 5. The third kappa shape index (κ3) is 6.16. The van der Waals surface area contributed by atoms with Gasteiger partial charge in [-0.3, -0.25) is 9.89 Å². The molecule has 2 saturated heterocycles. The maximum Gasteiger partial charge on any atom is 0.242 e. The Hall–Kier alpha value is -3.03. The fourth-order valence-electron chi connectivity index (χ4n) is 5.82. The molecule has 2 aliphatic rings. The van der Waals surface area contributed by atoms with Crippen LogP contribution in [0.1, 0.15) is 50.1 Å². The summed E-state index contributed by atoms with van der Waals surface area (Å²) in [6.07, 6.45) is 3.41. The minimum absolute atomic E-state index is 0.102. The van der Waals surface area contributed by atoms with E-state index in [1.165, 1.54) is 0 Å². The van der Waals surface area contributed by atoms with E-state index in [2.05, 4.69) is 64.9 Å². The first-order valence-electron chi connectivity index (χ1n) is 13.5. The number of benzene rings is 1. The molecule has 0 radical (unpaired) electrons. The molecular formula is C30H41ClN6O. The number of nitrogens with two attached hydrogens (primary N) is 1. The zero-order valence-electron chi connectivity index (χ0n) is 23.2. The minimum atomic E-state index is 0.102. The van der Waals surface area contributed by atoms with Gasteiger partial charge in [0.05, 0.1) is 11.4 Å².